The van der Waals surface area contributed by atoms with Crippen LogP contribution < -0.4 is 0 Å². The van der Waals surface area contributed by atoms with E-state index in [1.54, 1.807) is 0 Å². The number of rotatable bonds is 3. The first-order valence-corrected chi connectivity index (χ1v) is 2.59. The molecule has 0 unspecified atom stereocenters. The van der Waals surface area contributed by atoms with Crippen LogP contribution in [0.3, 0.4) is 0 Å². The fraction of sp³-hybridized carbons (Fsp3) is 0.667. The molecule has 0 spiro atoms. The van der Waals surface area contributed by atoms with Gasteiger partial charge < -0.3 is 0 Å². The minimum atomic E-state index is 0.696. The lowest BCUT2D eigenvalue weighted by Crippen LogP contribution is -1.86. The van der Waals surface area contributed by atoms with Crippen molar-refractivity contribution in [2.24, 2.45) is 5.92 Å². The van der Waals surface area contributed by atoms with Crippen LogP contribution in [0.15, 0.2) is 0 Å². The lowest BCUT2D eigenvalue weighted by Gasteiger charge is -1.88. The lowest BCUT2D eigenvalue weighted by molar-refractivity contribution is 0.652. The first-order chi connectivity index (χ1) is 3.27. The molecule has 0 aromatic carbocycles. The second-order valence-electron chi connectivity index (χ2n) is 2.03. The summed E-state index contributed by atoms with van der Waals surface area (Å²) < 4.78 is 0. The molecule has 0 amide bonds. The van der Waals surface area contributed by atoms with Gasteiger partial charge in [0.25, 0.3) is 0 Å². The maximum atomic E-state index is 6.62. The van der Waals surface area contributed by atoms with Crippen molar-refractivity contribution in [1.82, 2.24) is 0 Å². The summed E-state index contributed by atoms with van der Waals surface area (Å²) in [6.45, 7) is 4.28. The van der Waals surface area contributed by atoms with Gasteiger partial charge in [0, 0.05) is 0 Å². The Bertz CT molecular complexity index is 48.1. The van der Waals surface area contributed by atoms with Crippen molar-refractivity contribution in [3.05, 3.63) is 6.42 Å². The molecule has 0 fully saturated rings. The quantitative estimate of drug-likeness (QED) is 0.411. The fourth-order valence-electron chi connectivity index (χ4n) is 0.340. The number of hydrogen-bond acceptors (Lipinski definition) is 1. The van der Waals surface area contributed by atoms with Crippen molar-refractivity contribution in [2.45, 2.75) is 20.3 Å². The van der Waals surface area contributed by atoms with Crippen LogP contribution in [-0.4, -0.2) is 6.21 Å². The predicted molar refractivity (Wildman–Crippen MR) is 32.5 cm³/mol. The molecule has 0 aromatic rings. The molecule has 0 rings (SSSR count). The van der Waals surface area contributed by atoms with Crippen molar-refractivity contribution < 1.29 is 0 Å². The standard InChI is InChI=1S/C6H12N/c1-6(2)4-3-5-7/h3,5-7H,4H2,1-2H3/q+1. The Hall–Kier alpha value is -0.460. The SMILES string of the molecule is CC(C)C[CH+]C=N. The molecule has 40 valence electrons. The Morgan fingerprint density at radius 3 is 2.43 bits per heavy atom. The van der Waals surface area contributed by atoms with Gasteiger partial charge in [0.1, 0.15) is 6.42 Å². The second-order valence-corrected chi connectivity index (χ2v) is 2.03. The van der Waals surface area contributed by atoms with Crippen molar-refractivity contribution >= 4 is 6.21 Å². The van der Waals surface area contributed by atoms with Crippen LogP contribution in [0.4, 0.5) is 0 Å². The number of nitrogens with one attached hydrogen (secondary N) is 1. The third-order valence-corrected chi connectivity index (χ3v) is 0.725. The molecule has 0 bridgehead atoms. The Morgan fingerprint density at radius 2 is 2.29 bits per heavy atom. The molecule has 0 atom stereocenters. The zero-order chi connectivity index (χ0) is 5.70. The van der Waals surface area contributed by atoms with E-state index < -0.39 is 0 Å². The average molecular weight is 98.2 g/mol. The van der Waals surface area contributed by atoms with E-state index in [1.165, 1.54) is 6.21 Å². The summed E-state index contributed by atoms with van der Waals surface area (Å²) in [6.07, 6.45) is 4.24. The largest absolute Gasteiger partial charge is 0.268 e. The van der Waals surface area contributed by atoms with Gasteiger partial charge in [-0.1, -0.05) is 13.8 Å². The third kappa shape index (κ3) is 5.54. The molecule has 0 heterocycles. The highest BCUT2D eigenvalue weighted by molar-refractivity contribution is 5.63. The molecule has 0 aromatic heterocycles. The van der Waals surface area contributed by atoms with Crippen molar-refractivity contribution in [3.63, 3.8) is 0 Å². The molecule has 1 nitrogen and oxygen atoms in total. The van der Waals surface area contributed by atoms with Crippen LogP contribution in [-0.2, 0) is 0 Å². The predicted octanol–water partition coefficient (Wildman–Crippen LogP) is 1.89. The molecule has 0 saturated carbocycles. The Balaban J connectivity index is 2.81. The summed E-state index contributed by atoms with van der Waals surface area (Å²) in [5.41, 5.74) is 0. The van der Waals surface area contributed by atoms with Crippen LogP contribution in [0.2, 0.25) is 0 Å². The topological polar surface area (TPSA) is 23.9 Å². The Labute approximate surface area is 45.2 Å². The van der Waals surface area contributed by atoms with E-state index in [0.29, 0.717) is 5.92 Å². The average Bonchev–Trinajstić information content (AvgIpc) is 1.61. The molecule has 7 heavy (non-hydrogen) atoms. The lowest BCUT2D eigenvalue weighted by atomic mass is 10.1. The van der Waals surface area contributed by atoms with Gasteiger partial charge in [0.15, 0.2) is 6.21 Å². The fourth-order valence-corrected chi connectivity index (χ4v) is 0.340. The summed E-state index contributed by atoms with van der Waals surface area (Å²) in [4.78, 5) is 0. The van der Waals surface area contributed by atoms with Gasteiger partial charge in [-0.05, 0) is 5.92 Å². The molecule has 0 aliphatic carbocycles. The smallest absolute Gasteiger partial charge is 0.177 e. The van der Waals surface area contributed by atoms with Gasteiger partial charge in [-0.25, -0.2) is 0 Å². The molecule has 0 saturated heterocycles. The van der Waals surface area contributed by atoms with Crippen LogP contribution in [0.25, 0.3) is 0 Å². The van der Waals surface area contributed by atoms with E-state index >= 15 is 0 Å². The maximum absolute atomic E-state index is 6.62. The van der Waals surface area contributed by atoms with Crippen LogP contribution in [0.1, 0.15) is 20.3 Å². The highest BCUT2D eigenvalue weighted by Gasteiger charge is 1.96. The summed E-state index contributed by atoms with van der Waals surface area (Å²) in [7, 11) is 0. The molecule has 0 aliphatic rings. The van der Waals surface area contributed by atoms with Crippen molar-refractivity contribution in [3.8, 4) is 0 Å². The van der Waals surface area contributed by atoms with Crippen molar-refractivity contribution in [1.29, 1.82) is 5.41 Å². The van der Waals surface area contributed by atoms with Gasteiger partial charge in [-0.2, -0.15) is 0 Å². The first kappa shape index (κ1) is 6.54. The second kappa shape index (κ2) is 3.72. The van der Waals surface area contributed by atoms with E-state index in [0.717, 1.165) is 6.42 Å². The zero-order valence-electron chi connectivity index (χ0n) is 4.94. The van der Waals surface area contributed by atoms with Gasteiger partial charge in [-0.15, -0.1) is 0 Å². The van der Waals surface area contributed by atoms with Gasteiger partial charge in [0.05, 0.1) is 6.42 Å². The van der Waals surface area contributed by atoms with Gasteiger partial charge >= 0.3 is 0 Å². The summed E-state index contributed by atoms with van der Waals surface area (Å²) in [6, 6.07) is 0. The molecule has 0 radical (unpaired) electrons. The minimum Gasteiger partial charge on any atom is -0.268 e. The summed E-state index contributed by atoms with van der Waals surface area (Å²) >= 11 is 0. The van der Waals surface area contributed by atoms with E-state index in [9.17, 15) is 0 Å². The van der Waals surface area contributed by atoms with E-state index in [4.69, 9.17) is 5.41 Å². The summed E-state index contributed by atoms with van der Waals surface area (Å²) in [5.74, 6) is 0.696. The minimum absolute atomic E-state index is 0.696. The molecule has 1 N–H and O–H groups in total. The maximum Gasteiger partial charge on any atom is 0.177 e. The van der Waals surface area contributed by atoms with Crippen molar-refractivity contribution in [2.75, 3.05) is 0 Å². The number of hydrogen-bond donors (Lipinski definition) is 1. The van der Waals surface area contributed by atoms with E-state index in [2.05, 4.69) is 13.8 Å². The first-order valence-electron chi connectivity index (χ1n) is 2.59. The van der Waals surface area contributed by atoms with Gasteiger partial charge in [0.2, 0.25) is 0 Å². The zero-order valence-corrected chi connectivity index (χ0v) is 4.94. The van der Waals surface area contributed by atoms with Crippen LogP contribution >= 0.6 is 0 Å². The molecule has 1 heteroatoms. The highest BCUT2D eigenvalue weighted by atomic mass is 14.3. The highest BCUT2D eigenvalue weighted by Crippen LogP contribution is 1.98. The van der Waals surface area contributed by atoms with E-state index in [-0.39, 0.29) is 0 Å². The third-order valence-electron chi connectivity index (χ3n) is 0.725. The van der Waals surface area contributed by atoms with Crippen LogP contribution in [0.5, 0.6) is 0 Å². The molecular formula is C6H12N+. The molecule has 0 aliphatic heterocycles. The monoisotopic (exact) mass is 98.1 g/mol. The Morgan fingerprint density at radius 1 is 1.71 bits per heavy atom. The normalized spacial score (nSPS) is 9.00. The van der Waals surface area contributed by atoms with E-state index in [1.807, 2.05) is 6.42 Å². The van der Waals surface area contributed by atoms with Crippen LogP contribution in [0, 0.1) is 17.7 Å². The Kier molecular flexibility index (Phi) is 3.48. The van der Waals surface area contributed by atoms with Gasteiger partial charge in [-0.3, -0.25) is 5.41 Å². The summed E-state index contributed by atoms with van der Waals surface area (Å²) in [5, 5.41) is 6.62. The molecular weight excluding hydrogens is 86.1 g/mol.